The van der Waals surface area contributed by atoms with Crippen molar-refractivity contribution < 1.29 is 9.59 Å². The molecule has 0 saturated carbocycles. The minimum atomic E-state index is -0.247. The first kappa shape index (κ1) is 21.0. The second kappa shape index (κ2) is 9.23. The van der Waals surface area contributed by atoms with Crippen molar-refractivity contribution in [3.8, 4) is 0 Å². The zero-order valence-electron chi connectivity index (χ0n) is 16.2. The van der Waals surface area contributed by atoms with E-state index in [-0.39, 0.29) is 30.3 Å². The van der Waals surface area contributed by atoms with E-state index in [1.807, 2.05) is 17.5 Å². The van der Waals surface area contributed by atoms with E-state index in [4.69, 9.17) is 0 Å². The van der Waals surface area contributed by atoms with Crippen LogP contribution in [0.15, 0.2) is 75.6 Å². The van der Waals surface area contributed by atoms with E-state index in [9.17, 15) is 14.4 Å². The van der Waals surface area contributed by atoms with Crippen molar-refractivity contribution in [2.45, 2.75) is 13.0 Å². The molecule has 0 unspecified atom stereocenters. The Labute approximate surface area is 189 Å². The van der Waals surface area contributed by atoms with Gasteiger partial charge in [0.25, 0.3) is 11.5 Å². The number of thiophene rings is 1. The number of fused-ring (bicyclic) bond motifs is 1. The highest BCUT2D eigenvalue weighted by Crippen LogP contribution is 2.18. The molecule has 2 aromatic heterocycles. The van der Waals surface area contributed by atoms with Crippen molar-refractivity contribution in [3.63, 3.8) is 0 Å². The number of benzene rings is 2. The first-order valence-corrected chi connectivity index (χ1v) is 11.1. The molecular formula is C22H17BrN4O3S. The lowest BCUT2D eigenvalue weighted by Gasteiger charge is -2.10. The van der Waals surface area contributed by atoms with Gasteiger partial charge in [0.2, 0.25) is 5.91 Å². The van der Waals surface area contributed by atoms with Gasteiger partial charge < -0.3 is 10.6 Å². The summed E-state index contributed by atoms with van der Waals surface area (Å²) >= 11 is 4.71. The third-order valence-electron chi connectivity index (χ3n) is 4.52. The number of nitrogens with one attached hydrogen (secondary N) is 2. The molecule has 2 N–H and O–H groups in total. The third-order valence-corrected chi connectivity index (χ3v) is 5.88. The summed E-state index contributed by atoms with van der Waals surface area (Å²) in [6, 6.07) is 15.8. The maximum absolute atomic E-state index is 12.6. The second-order valence-corrected chi connectivity index (χ2v) is 8.58. The molecule has 7 nitrogen and oxygen atoms in total. The fraction of sp³-hybridized carbons (Fsp3) is 0.0909. The second-order valence-electron chi connectivity index (χ2n) is 6.71. The van der Waals surface area contributed by atoms with Crippen LogP contribution in [0.2, 0.25) is 0 Å². The van der Waals surface area contributed by atoms with Crippen molar-refractivity contribution >= 4 is 61.4 Å². The number of carbonyl (C=O) groups is 2. The summed E-state index contributed by atoms with van der Waals surface area (Å²) < 4.78 is 2.21. The normalized spacial score (nSPS) is 10.7. The summed E-state index contributed by atoms with van der Waals surface area (Å²) in [4.78, 5) is 42.1. The molecule has 9 heteroatoms. The predicted octanol–water partition coefficient (Wildman–Crippen LogP) is 4.50. The van der Waals surface area contributed by atoms with E-state index in [1.165, 1.54) is 22.2 Å². The number of hydrogen-bond donors (Lipinski definition) is 2. The van der Waals surface area contributed by atoms with Gasteiger partial charge in [-0.15, -0.1) is 11.3 Å². The zero-order chi connectivity index (χ0) is 21.8. The highest BCUT2D eigenvalue weighted by atomic mass is 79.9. The molecule has 31 heavy (non-hydrogen) atoms. The van der Waals surface area contributed by atoms with Crippen LogP contribution in [0.1, 0.15) is 16.1 Å². The molecule has 0 radical (unpaired) electrons. The van der Waals surface area contributed by atoms with E-state index in [2.05, 4.69) is 31.5 Å². The number of aromatic nitrogens is 2. The Kier molecular flexibility index (Phi) is 6.24. The van der Waals surface area contributed by atoms with Gasteiger partial charge in [-0.25, -0.2) is 4.98 Å². The molecule has 0 fully saturated rings. The number of rotatable bonds is 6. The van der Waals surface area contributed by atoms with Crippen molar-refractivity contribution in [2.75, 3.05) is 10.6 Å². The molecule has 2 heterocycles. The number of anilines is 2. The van der Waals surface area contributed by atoms with Crippen LogP contribution in [0, 0.1) is 0 Å². The van der Waals surface area contributed by atoms with Gasteiger partial charge in [0.05, 0.1) is 22.1 Å². The molecule has 0 saturated heterocycles. The summed E-state index contributed by atoms with van der Waals surface area (Å²) in [5.41, 5.74) is 1.55. The van der Waals surface area contributed by atoms with Gasteiger partial charge in [-0.05, 0) is 47.8 Å². The van der Waals surface area contributed by atoms with Crippen molar-refractivity contribution in [3.05, 3.63) is 86.0 Å². The summed E-state index contributed by atoms with van der Waals surface area (Å²) in [6.45, 7) is 0.203. The Bertz CT molecular complexity index is 1320. The number of nitrogens with zero attached hydrogens (tertiary/aromatic N) is 2. The van der Waals surface area contributed by atoms with Crippen LogP contribution in [0.4, 0.5) is 11.4 Å². The molecule has 0 spiro atoms. The first-order valence-electron chi connectivity index (χ1n) is 9.39. The molecule has 0 aliphatic carbocycles. The molecule has 156 valence electrons. The topological polar surface area (TPSA) is 93.1 Å². The molecule has 0 aliphatic heterocycles. The molecule has 0 bridgehead atoms. The van der Waals surface area contributed by atoms with Crippen molar-refractivity contribution in [1.29, 1.82) is 0 Å². The Balaban J connectivity index is 1.39. The predicted molar refractivity (Wildman–Crippen MR) is 126 cm³/mol. The molecule has 2 amide bonds. The van der Waals surface area contributed by atoms with E-state index in [0.717, 1.165) is 4.47 Å². The summed E-state index contributed by atoms with van der Waals surface area (Å²) in [7, 11) is 0. The van der Waals surface area contributed by atoms with Crippen molar-refractivity contribution in [1.82, 2.24) is 9.55 Å². The lowest BCUT2D eigenvalue weighted by molar-refractivity contribution is -0.116. The van der Waals surface area contributed by atoms with Crippen LogP contribution in [-0.4, -0.2) is 21.4 Å². The number of halogens is 1. The van der Waals surface area contributed by atoms with Crippen LogP contribution < -0.4 is 16.2 Å². The van der Waals surface area contributed by atoms with Gasteiger partial charge >= 0.3 is 0 Å². The van der Waals surface area contributed by atoms with Gasteiger partial charge in [-0.2, -0.15) is 0 Å². The Morgan fingerprint density at radius 2 is 1.84 bits per heavy atom. The maximum atomic E-state index is 12.6. The number of carbonyl (C=O) groups excluding carboxylic acids is 2. The van der Waals surface area contributed by atoms with Gasteiger partial charge in [-0.3, -0.25) is 19.0 Å². The van der Waals surface area contributed by atoms with Crippen molar-refractivity contribution in [2.24, 2.45) is 0 Å². The number of amides is 2. The van der Waals surface area contributed by atoms with Gasteiger partial charge in [0.15, 0.2) is 0 Å². The molecule has 4 aromatic rings. The van der Waals surface area contributed by atoms with E-state index in [0.29, 0.717) is 27.2 Å². The molecular weight excluding hydrogens is 480 g/mol. The summed E-state index contributed by atoms with van der Waals surface area (Å²) in [5, 5.41) is 7.93. The minimum Gasteiger partial charge on any atom is -0.326 e. The number of aryl methyl sites for hydroxylation is 1. The highest BCUT2D eigenvalue weighted by molar-refractivity contribution is 9.10. The van der Waals surface area contributed by atoms with Crippen LogP contribution in [0.5, 0.6) is 0 Å². The standard InChI is InChI=1S/C22H17BrN4O3S/c23-14-6-7-18-17(11-14)22(30)27(13-24-18)9-8-20(28)25-15-3-1-4-16(12-15)26-21(29)19-5-2-10-31-19/h1-7,10-13H,8-9H2,(H,25,28)(H,26,29). The van der Waals surface area contributed by atoms with Gasteiger partial charge in [0, 0.05) is 28.8 Å². The fourth-order valence-corrected chi connectivity index (χ4v) is 3.99. The van der Waals surface area contributed by atoms with E-state index < -0.39 is 0 Å². The molecule has 4 rings (SSSR count). The summed E-state index contributed by atoms with van der Waals surface area (Å²) in [6.07, 6.45) is 1.56. The smallest absolute Gasteiger partial charge is 0.265 e. The third kappa shape index (κ3) is 5.07. The zero-order valence-corrected chi connectivity index (χ0v) is 18.6. The average Bonchev–Trinajstić information content (AvgIpc) is 3.29. The number of hydrogen-bond acceptors (Lipinski definition) is 5. The average molecular weight is 497 g/mol. The Hall–Kier alpha value is -3.30. The van der Waals surface area contributed by atoms with E-state index in [1.54, 1.807) is 42.5 Å². The maximum Gasteiger partial charge on any atom is 0.265 e. The largest absolute Gasteiger partial charge is 0.326 e. The lowest BCUT2D eigenvalue weighted by atomic mass is 10.2. The lowest BCUT2D eigenvalue weighted by Crippen LogP contribution is -2.23. The van der Waals surface area contributed by atoms with E-state index >= 15 is 0 Å². The van der Waals surface area contributed by atoms with Crippen LogP contribution in [-0.2, 0) is 11.3 Å². The Morgan fingerprint density at radius 3 is 2.61 bits per heavy atom. The first-order chi connectivity index (χ1) is 15.0. The van der Waals surface area contributed by atoms with Gasteiger partial charge in [0.1, 0.15) is 0 Å². The SMILES string of the molecule is O=C(CCn1cnc2ccc(Br)cc2c1=O)Nc1cccc(NC(=O)c2cccs2)c1. The summed E-state index contributed by atoms with van der Waals surface area (Å²) in [5.74, 6) is -0.448. The van der Waals surface area contributed by atoms with Gasteiger partial charge in [-0.1, -0.05) is 28.1 Å². The van der Waals surface area contributed by atoms with Crippen LogP contribution in [0.25, 0.3) is 10.9 Å². The fourth-order valence-electron chi connectivity index (χ4n) is 3.01. The molecule has 0 atom stereocenters. The monoisotopic (exact) mass is 496 g/mol. The molecule has 0 aliphatic rings. The molecule has 2 aromatic carbocycles. The minimum absolute atomic E-state index is 0.104. The quantitative estimate of drug-likeness (QED) is 0.410. The van der Waals surface area contributed by atoms with Crippen LogP contribution in [0.3, 0.4) is 0 Å². The van der Waals surface area contributed by atoms with Crippen LogP contribution >= 0.6 is 27.3 Å². The highest BCUT2D eigenvalue weighted by Gasteiger charge is 2.10. The Morgan fingerprint density at radius 1 is 1.03 bits per heavy atom.